The maximum atomic E-state index is 12.9. The summed E-state index contributed by atoms with van der Waals surface area (Å²) in [6.45, 7) is 11.3. The minimum Gasteiger partial charge on any atom is -0.452 e. The van der Waals surface area contributed by atoms with Gasteiger partial charge >= 0.3 is 6.09 Å². The predicted octanol–water partition coefficient (Wildman–Crippen LogP) is 6.38. The molecule has 0 unspecified atom stereocenters. The van der Waals surface area contributed by atoms with E-state index in [9.17, 15) is 10.1 Å². The summed E-state index contributed by atoms with van der Waals surface area (Å²) in [7, 11) is 2.12. The van der Waals surface area contributed by atoms with E-state index in [0.717, 1.165) is 47.2 Å². The molecule has 2 aliphatic heterocycles. The molecule has 3 aromatic carbocycles. The zero-order valence-electron chi connectivity index (χ0n) is 28.1. The molecule has 0 bridgehead atoms. The second-order valence-electron chi connectivity index (χ2n) is 13.7. The number of fused-ring (bicyclic) bond motifs is 3. The number of nitrogens with zero attached hydrogens (tertiary/aromatic N) is 6. The molecule has 7 rings (SSSR count). The number of imidazole rings is 1. The number of nitrogens with one attached hydrogen (secondary N) is 1. The van der Waals surface area contributed by atoms with Gasteiger partial charge < -0.3 is 34.9 Å². The van der Waals surface area contributed by atoms with Gasteiger partial charge in [-0.1, -0.05) is 36.4 Å². The summed E-state index contributed by atoms with van der Waals surface area (Å²) in [5.74, 6) is 1.45. The quantitative estimate of drug-likeness (QED) is 0.228. The molecule has 3 N–H and O–H groups in total. The number of aryl methyl sites for hydroxylation is 1. The third-order valence-corrected chi connectivity index (χ3v) is 9.06. The van der Waals surface area contributed by atoms with Crippen molar-refractivity contribution in [1.82, 2.24) is 24.8 Å². The number of rotatable bonds is 4. The molecule has 1 fully saturated rings. The first kappa shape index (κ1) is 31.3. The molecule has 11 nitrogen and oxygen atoms in total. The summed E-state index contributed by atoms with van der Waals surface area (Å²) in [6, 6.07) is 18.6. The molecule has 5 aromatic rings. The lowest BCUT2D eigenvalue weighted by molar-refractivity contribution is 0.0240. The van der Waals surface area contributed by atoms with Crippen molar-refractivity contribution in [3.63, 3.8) is 0 Å². The highest BCUT2D eigenvalue weighted by molar-refractivity contribution is 6.02. The number of carbonyl (C=O) groups excluding carboxylic acids is 1. The summed E-state index contributed by atoms with van der Waals surface area (Å²) in [6.07, 6.45) is 0.527. The van der Waals surface area contributed by atoms with E-state index in [2.05, 4.69) is 45.0 Å². The first-order valence-electron chi connectivity index (χ1n) is 16.3. The number of likely N-dealkylation sites (N-methyl/N-ethyl adjacent to an activating group) is 1. The number of ether oxygens (including phenoxy) is 2. The topological polar surface area (TPSA) is 137 Å². The predicted molar refractivity (Wildman–Crippen MR) is 187 cm³/mol. The minimum absolute atomic E-state index is 0.310. The Hall–Kier alpha value is -5.34. The van der Waals surface area contributed by atoms with Gasteiger partial charge in [0.1, 0.15) is 28.3 Å². The smallest absolute Gasteiger partial charge is 0.410 e. The Morgan fingerprint density at radius 1 is 1.00 bits per heavy atom. The van der Waals surface area contributed by atoms with Gasteiger partial charge in [-0.15, -0.1) is 0 Å². The third kappa shape index (κ3) is 5.73. The van der Waals surface area contributed by atoms with Gasteiger partial charge in [0.15, 0.2) is 17.4 Å². The van der Waals surface area contributed by atoms with Crippen LogP contribution < -0.4 is 15.4 Å². The Labute approximate surface area is 279 Å². The molecular weight excluding hydrogens is 604 g/mol. The lowest BCUT2D eigenvalue weighted by atomic mass is 9.90. The molecule has 0 aliphatic carbocycles. The number of nitriles is 1. The molecule has 0 spiro atoms. The van der Waals surface area contributed by atoms with E-state index in [1.54, 1.807) is 4.90 Å². The van der Waals surface area contributed by atoms with Gasteiger partial charge in [0.25, 0.3) is 0 Å². The van der Waals surface area contributed by atoms with Crippen molar-refractivity contribution in [1.29, 1.82) is 5.26 Å². The number of hydrogen-bond donors (Lipinski definition) is 2. The number of pyridine rings is 1. The van der Waals surface area contributed by atoms with Crippen molar-refractivity contribution in [2.45, 2.75) is 46.3 Å². The van der Waals surface area contributed by atoms with Crippen LogP contribution in [-0.4, -0.2) is 76.2 Å². The molecule has 48 heavy (non-hydrogen) atoms. The lowest BCUT2D eigenvalue weighted by Gasteiger charge is -2.37. The van der Waals surface area contributed by atoms with Crippen LogP contribution in [0.1, 0.15) is 43.0 Å². The largest absolute Gasteiger partial charge is 0.452 e. The van der Waals surface area contributed by atoms with Gasteiger partial charge in [0, 0.05) is 50.2 Å². The van der Waals surface area contributed by atoms with Gasteiger partial charge in [-0.2, -0.15) is 5.26 Å². The number of amides is 1. The number of aromatic nitrogens is 3. The molecule has 11 heteroatoms. The second-order valence-corrected chi connectivity index (χ2v) is 13.7. The molecule has 2 aliphatic rings. The van der Waals surface area contributed by atoms with E-state index in [0.29, 0.717) is 65.9 Å². The number of anilines is 2. The lowest BCUT2D eigenvalue weighted by Crippen LogP contribution is -2.50. The van der Waals surface area contributed by atoms with Crippen molar-refractivity contribution in [3.05, 3.63) is 70.8 Å². The number of aromatic amines is 1. The fourth-order valence-electron chi connectivity index (χ4n) is 6.78. The highest BCUT2D eigenvalue weighted by atomic mass is 16.6. The zero-order valence-corrected chi connectivity index (χ0v) is 28.1. The fraction of sp³-hybridized carbons (Fsp3) is 0.351. The SMILES string of the molecule is Cc1ccc2[nH]c(N)nc2c1Oc1cccc2c(N3CCN(C(=O)OC(C)(C)C)CC3)c(C#N)c(-c3cccc4c3CCN(C)C4)nc12. The average molecular weight is 645 g/mol. The third-order valence-electron chi connectivity index (χ3n) is 9.06. The number of nitrogen functional groups attached to an aromatic ring is 1. The van der Waals surface area contributed by atoms with Crippen LogP contribution in [0.25, 0.3) is 33.2 Å². The Kier molecular flexibility index (Phi) is 7.84. The summed E-state index contributed by atoms with van der Waals surface area (Å²) >= 11 is 0. The number of H-pyrrole nitrogens is 1. The normalized spacial score (nSPS) is 15.4. The van der Waals surface area contributed by atoms with Crippen LogP contribution in [0, 0.1) is 18.3 Å². The summed E-state index contributed by atoms with van der Waals surface area (Å²) in [5, 5.41) is 11.7. The van der Waals surface area contributed by atoms with E-state index >= 15 is 0 Å². The van der Waals surface area contributed by atoms with Gasteiger partial charge in [0.2, 0.25) is 0 Å². The van der Waals surface area contributed by atoms with E-state index in [1.807, 2.05) is 64.1 Å². The number of para-hydroxylation sites is 1. The first-order chi connectivity index (χ1) is 23.0. The van der Waals surface area contributed by atoms with Crippen LogP contribution in [0.3, 0.4) is 0 Å². The molecule has 0 atom stereocenters. The van der Waals surface area contributed by atoms with E-state index < -0.39 is 5.60 Å². The molecular formula is C37H40N8O3. The minimum atomic E-state index is -0.581. The van der Waals surface area contributed by atoms with Crippen molar-refractivity contribution in [3.8, 4) is 28.8 Å². The molecule has 0 saturated carbocycles. The Morgan fingerprint density at radius 3 is 2.52 bits per heavy atom. The number of carbonyl (C=O) groups is 1. The monoisotopic (exact) mass is 644 g/mol. The van der Waals surface area contributed by atoms with E-state index in [4.69, 9.17) is 20.2 Å². The summed E-state index contributed by atoms with van der Waals surface area (Å²) in [5.41, 5.74) is 13.7. The van der Waals surface area contributed by atoms with Gasteiger partial charge in [-0.05, 0) is 70.0 Å². The molecule has 246 valence electrons. The van der Waals surface area contributed by atoms with Gasteiger partial charge in [-0.3, -0.25) is 0 Å². The van der Waals surface area contributed by atoms with Crippen LogP contribution in [-0.2, 0) is 17.7 Å². The van der Waals surface area contributed by atoms with Crippen molar-refractivity contribution in [2.24, 2.45) is 0 Å². The summed E-state index contributed by atoms with van der Waals surface area (Å²) in [4.78, 5) is 32.0. The Bertz CT molecular complexity index is 2100. The first-order valence-corrected chi connectivity index (χ1v) is 16.3. The number of nitrogens with two attached hydrogens (primary N) is 1. The molecule has 1 saturated heterocycles. The van der Waals surface area contributed by atoms with Gasteiger partial charge in [0.05, 0.1) is 16.9 Å². The zero-order chi connectivity index (χ0) is 33.7. The number of hydrogen-bond acceptors (Lipinski definition) is 9. The van der Waals surface area contributed by atoms with Crippen LogP contribution in [0.15, 0.2) is 48.5 Å². The van der Waals surface area contributed by atoms with Crippen LogP contribution in [0.4, 0.5) is 16.4 Å². The van der Waals surface area contributed by atoms with Crippen LogP contribution in [0.5, 0.6) is 11.5 Å². The maximum Gasteiger partial charge on any atom is 0.410 e. The van der Waals surface area contributed by atoms with Crippen LogP contribution >= 0.6 is 0 Å². The van der Waals surface area contributed by atoms with Gasteiger partial charge in [-0.25, -0.2) is 14.8 Å². The highest BCUT2D eigenvalue weighted by Crippen LogP contribution is 2.43. The van der Waals surface area contributed by atoms with Crippen molar-refractivity contribution < 1.29 is 14.3 Å². The summed E-state index contributed by atoms with van der Waals surface area (Å²) < 4.78 is 12.4. The number of benzene rings is 3. The van der Waals surface area contributed by atoms with Crippen molar-refractivity contribution >= 4 is 39.7 Å². The number of piperazine rings is 1. The van der Waals surface area contributed by atoms with Crippen LogP contribution in [0.2, 0.25) is 0 Å². The Balaban J connectivity index is 1.39. The Morgan fingerprint density at radius 2 is 1.77 bits per heavy atom. The van der Waals surface area contributed by atoms with E-state index in [1.165, 1.54) is 11.1 Å². The molecule has 1 amide bonds. The highest BCUT2D eigenvalue weighted by Gasteiger charge is 2.31. The van der Waals surface area contributed by atoms with E-state index in [-0.39, 0.29) is 6.09 Å². The van der Waals surface area contributed by atoms with Crippen molar-refractivity contribution in [2.75, 3.05) is 50.4 Å². The second kappa shape index (κ2) is 12.0. The fourth-order valence-corrected chi connectivity index (χ4v) is 6.78. The maximum absolute atomic E-state index is 12.9. The standard InChI is InChI=1S/C37H40N8O3/c1-22-12-13-28-32(42-35(39)40-28)34(22)47-29-11-7-10-26-31(29)41-30(25-9-6-8-23-21-43(5)15-14-24(23)25)27(20-38)33(26)44-16-18-45(19-17-44)36(46)48-37(2,3)4/h6-13H,14-19,21H2,1-5H3,(H3,39,40,42). The molecule has 0 radical (unpaired) electrons. The average Bonchev–Trinajstić information content (AvgIpc) is 3.44. The molecule has 2 aromatic heterocycles. The molecule has 4 heterocycles.